The summed E-state index contributed by atoms with van der Waals surface area (Å²) in [6.07, 6.45) is 1.73. The van der Waals surface area contributed by atoms with Gasteiger partial charge in [0.25, 0.3) is 0 Å². The zero-order valence-electron chi connectivity index (χ0n) is 31.6. The second-order valence-corrected chi connectivity index (χ2v) is 14.3. The van der Waals surface area contributed by atoms with E-state index in [0.717, 1.165) is 71.7 Å². The number of furan rings is 1. The van der Waals surface area contributed by atoms with Gasteiger partial charge in [0.2, 0.25) is 5.71 Å². The van der Waals surface area contributed by atoms with Gasteiger partial charge in [-0.25, -0.2) is 29.9 Å². The standard InChI is InChI=1S/C52H32N6O/c1-4-13-33(14-5-1)34-24-30-39(31-25-34)48-54-45(47-46(55-48)44-23-12-32-53-52(44)59-47)36-28-26-35(27-29-36)40-19-10-21-42-41(40)20-11-22-43(42)51-57-49(37-15-6-2-7-16-37)56-50(58-51)38-17-8-3-9-18-38/h1-32H. The second-order valence-electron chi connectivity index (χ2n) is 14.3. The second kappa shape index (κ2) is 14.4. The van der Waals surface area contributed by atoms with E-state index in [1.54, 1.807) is 6.20 Å². The molecule has 0 radical (unpaired) electrons. The molecular formula is C52H32N6O. The van der Waals surface area contributed by atoms with E-state index in [1.165, 1.54) is 0 Å². The monoisotopic (exact) mass is 756 g/mol. The third-order valence-electron chi connectivity index (χ3n) is 10.7. The molecule has 0 unspecified atom stereocenters. The summed E-state index contributed by atoms with van der Waals surface area (Å²) in [4.78, 5) is 29.7. The number of pyridine rings is 1. The normalized spacial score (nSPS) is 11.4. The summed E-state index contributed by atoms with van der Waals surface area (Å²) in [7, 11) is 0. The minimum Gasteiger partial charge on any atom is -0.434 e. The Morgan fingerprint density at radius 1 is 0.305 bits per heavy atom. The molecule has 0 N–H and O–H groups in total. The average Bonchev–Trinajstić information content (AvgIpc) is 3.70. The quantitative estimate of drug-likeness (QED) is 0.160. The molecule has 0 spiro atoms. The van der Waals surface area contributed by atoms with Crippen LogP contribution in [-0.4, -0.2) is 29.9 Å². The molecule has 0 atom stereocenters. The van der Waals surface area contributed by atoms with E-state index in [-0.39, 0.29) is 0 Å². The third-order valence-corrected chi connectivity index (χ3v) is 10.7. The predicted octanol–water partition coefficient (Wildman–Crippen LogP) is 12.8. The van der Waals surface area contributed by atoms with Crippen LogP contribution in [0.5, 0.6) is 0 Å². The number of rotatable bonds is 7. The van der Waals surface area contributed by atoms with Gasteiger partial charge in [-0.3, -0.25) is 0 Å². The van der Waals surface area contributed by atoms with Crippen LogP contribution in [-0.2, 0) is 0 Å². The van der Waals surface area contributed by atoms with Gasteiger partial charge in [-0.1, -0.05) is 176 Å². The Morgan fingerprint density at radius 3 is 1.44 bits per heavy atom. The minimum atomic E-state index is 0.530. The molecule has 0 aliphatic carbocycles. The van der Waals surface area contributed by atoms with Crippen molar-refractivity contribution in [3.8, 4) is 79.1 Å². The van der Waals surface area contributed by atoms with Crippen molar-refractivity contribution in [1.29, 1.82) is 0 Å². The van der Waals surface area contributed by atoms with E-state index >= 15 is 0 Å². The van der Waals surface area contributed by atoms with Gasteiger partial charge in [-0.2, -0.15) is 0 Å². The summed E-state index contributed by atoms with van der Waals surface area (Å²) < 4.78 is 6.35. The smallest absolute Gasteiger partial charge is 0.229 e. The Bertz CT molecular complexity index is 3240. The Kier molecular flexibility index (Phi) is 8.33. The maximum absolute atomic E-state index is 6.35. The molecule has 59 heavy (non-hydrogen) atoms. The summed E-state index contributed by atoms with van der Waals surface area (Å²) >= 11 is 0. The Morgan fingerprint density at radius 2 is 0.780 bits per heavy atom. The van der Waals surface area contributed by atoms with E-state index < -0.39 is 0 Å². The summed E-state index contributed by atoms with van der Waals surface area (Å²) in [5, 5.41) is 2.99. The van der Waals surface area contributed by atoms with E-state index in [9.17, 15) is 0 Å². The molecule has 4 aromatic heterocycles. The first-order chi connectivity index (χ1) is 29.2. The van der Waals surface area contributed by atoms with Gasteiger partial charge >= 0.3 is 0 Å². The van der Waals surface area contributed by atoms with Crippen LogP contribution in [0.25, 0.3) is 112 Å². The Labute approximate surface area is 339 Å². The van der Waals surface area contributed by atoms with Crippen molar-refractivity contribution in [3.05, 3.63) is 194 Å². The fourth-order valence-corrected chi connectivity index (χ4v) is 7.74. The van der Waals surface area contributed by atoms with Crippen LogP contribution < -0.4 is 0 Å². The number of fused-ring (bicyclic) bond motifs is 4. The lowest BCUT2D eigenvalue weighted by Gasteiger charge is -2.13. The van der Waals surface area contributed by atoms with Gasteiger partial charge in [-0.15, -0.1) is 0 Å². The van der Waals surface area contributed by atoms with Crippen LogP contribution in [0.1, 0.15) is 0 Å². The van der Waals surface area contributed by atoms with Crippen molar-refractivity contribution in [2.24, 2.45) is 0 Å². The fourth-order valence-electron chi connectivity index (χ4n) is 7.74. The SMILES string of the molecule is c1ccc(-c2ccc(-c3nc(-c4ccc(-c5cccc6c(-c7nc(-c8ccccc8)nc(-c8ccccc8)n7)cccc56)cc4)c4oc5ncccc5c4n3)cc2)cc1. The van der Waals surface area contributed by atoms with Gasteiger partial charge in [0.15, 0.2) is 28.9 Å². The zero-order valence-corrected chi connectivity index (χ0v) is 31.6. The molecule has 276 valence electrons. The largest absolute Gasteiger partial charge is 0.434 e. The van der Waals surface area contributed by atoms with E-state index in [1.807, 2.05) is 91.0 Å². The summed E-state index contributed by atoms with van der Waals surface area (Å²) in [5.41, 5.74) is 11.7. The van der Waals surface area contributed by atoms with Crippen LogP contribution in [0.3, 0.4) is 0 Å². The molecule has 7 nitrogen and oxygen atoms in total. The van der Waals surface area contributed by atoms with Gasteiger partial charge < -0.3 is 4.42 Å². The molecule has 0 aliphatic heterocycles. The van der Waals surface area contributed by atoms with Crippen molar-refractivity contribution >= 4 is 33.0 Å². The zero-order chi connectivity index (χ0) is 39.1. The predicted molar refractivity (Wildman–Crippen MR) is 236 cm³/mol. The third kappa shape index (κ3) is 6.27. The highest BCUT2D eigenvalue weighted by atomic mass is 16.3. The van der Waals surface area contributed by atoms with E-state index in [4.69, 9.17) is 29.3 Å². The van der Waals surface area contributed by atoms with Crippen molar-refractivity contribution in [2.75, 3.05) is 0 Å². The molecule has 0 saturated heterocycles. The summed E-state index contributed by atoms with van der Waals surface area (Å²) in [6.45, 7) is 0. The highest BCUT2D eigenvalue weighted by molar-refractivity contribution is 6.07. The van der Waals surface area contributed by atoms with Gasteiger partial charge in [0.1, 0.15) is 11.2 Å². The van der Waals surface area contributed by atoms with E-state index in [0.29, 0.717) is 40.3 Å². The number of hydrogen-bond acceptors (Lipinski definition) is 7. The molecule has 0 fully saturated rings. The molecule has 7 heteroatoms. The van der Waals surface area contributed by atoms with Crippen LogP contribution in [0.4, 0.5) is 0 Å². The van der Waals surface area contributed by atoms with Crippen LogP contribution >= 0.6 is 0 Å². The Balaban J connectivity index is 1.00. The molecule has 0 saturated carbocycles. The van der Waals surface area contributed by atoms with Crippen LogP contribution in [0.2, 0.25) is 0 Å². The Hall–Kier alpha value is -8.16. The number of aromatic nitrogens is 6. The highest BCUT2D eigenvalue weighted by Gasteiger charge is 2.20. The molecule has 4 heterocycles. The minimum absolute atomic E-state index is 0.530. The van der Waals surface area contributed by atoms with Crippen LogP contribution in [0, 0.1) is 0 Å². The first kappa shape index (κ1) is 34.1. The van der Waals surface area contributed by atoms with Crippen molar-refractivity contribution in [2.45, 2.75) is 0 Å². The van der Waals surface area contributed by atoms with Crippen molar-refractivity contribution in [1.82, 2.24) is 29.9 Å². The number of nitrogens with zero attached hydrogens (tertiary/aromatic N) is 6. The number of benzene rings is 7. The number of hydrogen-bond donors (Lipinski definition) is 0. The van der Waals surface area contributed by atoms with Gasteiger partial charge in [-0.05, 0) is 45.2 Å². The highest BCUT2D eigenvalue weighted by Crippen LogP contribution is 2.38. The van der Waals surface area contributed by atoms with Crippen molar-refractivity contribution < 1.29 is 4.42 Å². The fraction of sp³-hybridized carbons (Fsp3) is 0. The average molecular weight is 757 g/mol. The molecule has 0 aliphatic rings. The lowest BCUT2D eigenvalue weighted by molar-refractivity contribution is 0.652. The molecule has 7 aromatic carbocycles. The molecule has 11 aromatic rings. The molecule has 0 amide bonds. The first-order valence-corrected chi connectivity index (χ1v) is 19.4. The van der Waals surface area contributed by atoms with Gasteiger partial charge in [0, 0.05) is 34.0 Å². The lowest BCUT2D eigenvalue weighted by atomic mass is 9.94. The summed E-state index contributed by atoms with van der Waals surface area (Å²) in [5.74, 6) is 2.50. The van der Waals surface area contributed by atoms with E-state index in [2.05, 4.69) is 102 Å². The maximum atomic E-state index is 6.35. The van der Waals surface area contributed by atoms with Gasteiger partial charge in [0.05, 0.1) is 5.39 Å². The van der Waals surface area contributed by atoms with Crippen molar-refractivity contribution in [3.63, 3.8) is 0 Å². The topological polar surface area (TPSA) is 90.5 Å². The molecular weight excluding hydrogens is 725 g/mol. The maximum Gasteiger partial charge on any atom is 0.229 e. The molecule has 11 rings (SSSR count). The summed E-state index contributed by atoms with van der Waals surface area (Å²) in [6, 6.07) is 63.9. The first-order valence-electron chi connectivity index (χ1n) is 19.4. The molecule has 0 bridgehead atoms. The van der Waals surface area contributed by atoms with Crippen LogP contribution in [0.15, 0.2) is 199 Å². The lowest BCUT2D eigenvalue weighted by Crippen LogP contribution is -2.00.